The van der Waals surface area contributed by atoms with Gasteiger partial charge in [0.25, 0.3) is 0 Å². The predicted octanol–water partition coefficient (Wildman–Crippen LogP) is 9.21. The smallest absolute Gasteiger partial charge is 0.0540 e. The summed E-state index contributed by atoms with van der Waals surface area (Å²) in [7, 11) is 0. The standard InChI is InChI=1S/C32H21N/c1-3-11-23(12-4-1)33(24-13-5-2-6-14-24)30-21-20-28-26-16-8-7-15-25(26)27-17-9-10-22-18-19-29(30)32(28)31(22)27/h1-21H. The SMILES string of the molecule is c1ccc(N(c2ccccc2)c2ccc3c4ccccc4c4cccc5ccc2c3c54)cc1. The summed E-state index contributed by atoms with van der Waals surface area (Å²) in [4.78, 5) is 2.37. The van der Waals surface area contributed by atoms with Gasteiger partial charge < -0.3 is 4.90 Å². The zero-order chi connectivity index (χ0) is 21.8. The second-order valence-electron chi connectivity index (χ2n) is 8.58. The Morgan fingerprint density at radius 3 is 1.55 bits per heavy atom. The van der Waals surface area contributed by atoms with Crippen LogP contribution in [0.3, 0.4) is 0 Å². The summed E-state index contributed by atoms with van der Waals surface area (Å²) in [5, 5.41) is 10.5. The average Bonchev–Trinajstić information content (AvgIpc) is 2.90. The average molecular weight is 420 g/mol. The number of rotatable bonds is 3. The monoisotopic (exact) mass is 419 g/mol. The fourth-order valence-electron chi connectivity index (χ4n) is 5.39. The van der Waals surface area contributed by atoms with Crippen LogP contribution in [-0.4, -0.2) is 0 Å². The van der Waals surface area contributed by atoms with E-state index in [1.807, 2.05) is 0 Å². The number of hydrogen-bond donors (Lipinski definition) is 0. The van der Waals surface area contributed by atoms with Crippen molar-refractivity contribution in [3.63, 3.8) is 0 Å². The van der Waals surface area contributed by atoms with Crippen molar-refractivity contribution in [3.05, 3.63) is 127 Å². The number of benzene rings is 7. The second kappa shape index (κ2) is 7.08. The molecule has 0 aliphatic rings. The van der Waals surface area contributed by atoms with Gasteiger partial charge in [-0.05, 0) is 62.6 Å². The number of hydrogen-bond acceptors (Lipinski definition) is 1. The third kappa shape index (κ3) is 2.66. The molecule has 0 amide bonds. The molecule has 7 aromatic carbocycles. The van der Waals surface area contributed by atoms with E-state index in [2.05, 4.69) is 132 Å². The Kier molecular flexibility index (Phi) is 3.91. The van der Waals surface area contributed by atoms with Crippen LogP contribution in [0.1, 0.15) is 0 Å². The molecule has 1 nitrogen and oxygen atoms in total. The van der Waals surface area contributed by atoms with Gasteiger partial charge >= 0.3 is 0 Å². The van der Waals surface area contributed by atoms with Crippen molar-refractivity contribution >= 4 is 60.2 Å². The van der Waals surface area contributed by atoms with Crippen LogP contribution in [0, 0.1) is 0 Å². The summed E-state index contributed by atoms with van der Waals surface area (Å²) in [6.07, 6.45) is 0. The molecule has 0 fully saturated rings. The van der Waals surface area contributed by atoms with E-state index in [9.17, 15) is 0 Å². The first kappa shape index (κ1) is 18.2. The minimum atomic E-state index is 1.16. The number of para-hydroxylation sites is 2. The van der Waals surface area contributed by atoms with Crippen LogP contribution in [0.2, 0.25) is 0 Å². The van der Waals surface area contributed by atoms with E-state index >= 15 is 0 Å². The van der Waals surface area contributed by atoms with E-state index in [1.54, 1.807) is 0 Å². The lowest BCUT2D eigenvalue weighted by Crippen LogP contribution is -2.10. The molecule has 33 heavy (non-hydrogen) atoms. The van der Waals surface area contributed by atoms with Gasteiger partial charge in [-0.1, -0.05) is 97.1 Å². The van der Waals surface area contributed by atoms with Crippen molar-refractivity contribution < 1.29 is 0 Å². The molecule has 0 aromatic heterocycles. The lowest BCUT2D eigenvalue weighted by molar-refractivity contribution is 1.30. The second-order valence-corrected chi connectivity index (χ2v) is 8.58. The van der Waals surface area contributed by atoms with Gasteiger partial charge in [0.1, 0.15) is 0 Å². The van der Waals surface area contributed by atoms with Crippen LogP contribution < -0.4 is 4.90 Å². The number of anilines is 3. The summed E-state index contributed by atoms with van der Waals surface area (Å²) in [6.45, 7) is 0. The van der Waals surface area contributed by atoms with E-state index < -0.39 is 0 Å². The Morgan fingerprint density at radius 1 is 0.333 bits per heavy atom. The van der Waals surface area contributed by atoms with Crippen molar-refractivity contribution in [1.29, 1.82) is 0 Å². The minimum Gasteiger partial charge on any atom is -0.310 e. The molecule has 0 saturated carbocycles. The maximum atomic E-state index is 2.37. The quantitative estimate of drug-likeness (QED) is 0.204. The van der Waals surface area contributed by atoms with Crippen LogP contribution in [0.5, 0.6) is 0 Å². The van der Waals surface area contributed by atoms with Crippen molar-refractivity contribution in [2.75, 3.05) is 4.90 Å². The highest BCUT2D eigenvalue weighted by atomic mass is 15.1. The van der Waals surface area contributed by atoms with Crippen LogP contribution in [-0.2, 0) is 0 Å². The normalized spacial score (nSPS) is 11.6. The van der Waals surface area contributed by atoms with E-state index in [1.165, 1.54) is 48.8 Å². The Labute approximate surface area is 192 Å². The molecule has 0 radical (unpaired) electrons. The maximum Gasteiger partial charge on any atom is 0.0540 e. The molecule has 7 rings (SSSR count). The summed E-state index contributed by atoms with van der Waals surface area (Å²) in [5.41, 5.74) is 3.51. The fraction of sp³-hybridized carbons (Fsp3) is 0. The Hall–Kier alpha value is -4.36. The van der Waals surface area contributed by atoms with Crippen molar-refractivity contribution in [2.45, 2.75) is 0 Å². The number of nitrogens with zero attached hydrogens (tertiary/aromatic N) is 1. The zero-order valence-electron chi connectivity index (χ0n) is 18.1. The molecule has 0 N–H and O–H groups in total. The highest BCUT2D eigenvalue weighted by Crippen LogP contribution is 2.46. The lowest BCUT2D eigenvalue weighted by atomic mass is 9.88. The minimum absolute atomic E-state index is 1.16. The van der Waals surface area contributed by atoms with Crippen LogP contribution >= 0.6 is 0 Å². The molecule has 7 aromatic rings. The van der Waals surface area contributed by atoms with Gasteiger partial charge in [-0.2, -0.15) is 0 Å². The van der Waals surface area contributed by atoms with E-state index in [4.69, 9.17) is 0 Å². The molecule has 0 aliphatic carbocycles. The third-order valence-electron chi connectivity index (χ3n) is 6.78. The third-order valence-corrected chi connectivity index (χ3v) is 6.78. The van der Waals surface area contributed by atoms with Gasteiger partial charge in [-0.25, -0.2) is 0 Å². The summed E-state index contributed by atoms with van der Waals surface area (Å²) < 4.78 is 0. The molecule has 0 atom stereocenters. The molecule has 0 bridgehead atoms. The summed E-state index contributed by atoms with van der Waals surface area (Å²) >= 11 is 0. The predicted molar refractivity (Wildman–Crippen MR) is 142 cm³/mol. The molecule has 154 valence electrons. The molecule has 1 heteroatoms. The molecule has 0 unspecified atom stereocenters. The molecular formula is C32H21N. The largest absolute Gasteiger partial charge is 0.310 e. The Balaban J connectivity index is 1.65. The first-order valence-electron chi connectivity index (χ1n) is 11.4. The lowest BCUT2D eigenvalue weighted by Gasteiger charge is -2.28. The van der Waals surface area contributed by atoms with Gasteiger partial charge in [0.15, 0.2) is 0 Å². The van der Waals surface area contributed by atoms with Crippen LogP contribution in [0.4, 0.5) is 17.1 Å². The highest BCUT2D eigenvalue weighted by Gasteiger charge is 2.19. The van der Waals surface area contributed by atoms with Crippen LogP contribution in [0.25, 0.3) is 43.1 Å². The molecule has 0 spiro atoms. The van der Waals surface area contributed by atoms with E-state index in [-0.39, 0.29) is 0 Å². The van der Waals surface area contributed by atoms with Crippen molar-refractivity contribution in [1.82, 2.24) is 0 Å². The molecule has 0 heterocycles. The Morgan fingerprint density at radius 2 is 0.879 bits per heavy atom. The van der Waals surface area contributed by atoms with Gasteiger partial charge in [-0.15, -0.1) is 0 Å². The first-order chi connectivity index (χ1) is 16.4. The maximum absolute atomic E-state index is 2.37. The topological polar surface area (TPSA) is 3.24 Å². The van der Waals surface area contributed by atoms with Crippen molar-refractivity contribution in [2.24, 2.45) is 0 Å². The highest BCUT2D eigenvalue weighted by molar-refractivity contribution is 6.35. The van der Waals surface area contributed by atoms with Gasteiger partial charge in [0, 0.05) is 22.1 Å². The van der Waals surface area contributed by atoms with E-state index in [0.717, 1.165) is 11.4 Å². The van der Waals surface area contributed by atoms with Crippen molar-refractivity contribution in [3.8, 4) is 0 Å². The van der Waals surface area contributed by atoms with E-state index in [0.29, 0.717) is 0 Å². The van der Waals surface area contributed by atoms with Gasteiger partial charge in [0.2, 0.25) is 0 Å². The molecule has 0 aliphatic heterocycles. The van der Waals surface area contributed by atoms with Crippen LogP contribution in [0.15, 0.2) is 127 Å². The summed E-state index contributed by atoms with van der Waals surface area (Å²) in [5.74, 6) is 0. The van der Waals surface area contributed by atoms with Gasteiger partial charge in [0.05, 0.1) is 5.69 Å². The molecule has 0 saturated heterocycles. The Bertz CT molecular complexity index is 1710. The fourth-order valence-corrected chi connectivity index (χ4v) is 5.39. The molecular weight excluding hydrogens is 398 g/mol. The first-order valence-corrected chi connectivity index (χ1v) is 11.4. The van der Waals surface area contributed by atoms with Gasteiger partial charge in [-0.3, -0.25) is 0 Å². The number of fused-ring (bicyclic) bond motifs is 3. The zero-order valence-corrected chi connectivity index (χ0v) is 18.1. The summed E-state index contributed by atoms with van der Waals surface area (Å²) in [6, 6.07) is 45.9.